The van der Waals surface area contributed by atoms with Gasteiger partial charge in [-0.3, -0.25) is 9.89 Å². The maximum absolute atomic E-state index is 12.4. The van der Waals surface area contributed by atoms with Crippen LogP contribution in [0.5, 0.6) is 5.75 Å². The Balaban J connectivity index is 1.97. The van der Waals surface area contributed by atoms with Crippen LogP contribution in [-0.2, 0) is 0 Å². The van der Waals surface area contributed by atoms with Crippen molar-refractivity contribution in [2.45, 2.75) is 13.8 Å². The first kappa shape index (κ1) is 14.8. The van der Waals surface area contributed by atoms with Crippen LogP contribution in [0.1, 0.15) is 23.1 Å². The largest absolute Gasteiger partial charge is 0.618 e. The van der Waals surface area contributed by atoms with Crippen LogP contribution >= 0.6 is 0 Å². The van der Waals surface area contributed by atoms with Crippen molar-refractivity contribution in [2.24, 2.45) is 0 Å². The third-order valence-corrected chi connectivity index (χ3v) is 3.45. The molecule has 0 aliphatic carbocycles. The topological polar surface area (TPSA) is 93.9 Å². The molecule has 0 saturated heterocycles. The second-order valence-electron chi connectivity index (χ2n) is 5.04. The normalized spacial score (nSPS) is 10.7. The molecule has 23 heavy (non-hydrogen) atoms. The summed E-state index contributed by atoms with van der Waals surface area (Å²) in [7, 11) is 0. The van der Waals surface area contributed by atoms with Gasteiger partial charge < -0.3 is 15.3 Å². The predicted octanol–water partition coefficient (Wildman–Crippen LogP) is 2.16. The van der Waals surface area contributed by atoms with Gasteiger partial charge in [-0.1, -0.05) is 0 Å². The second-order valence-corrected chi connectivity index (χ2v) is 5.04. The van der Waals surface area contributed by atoms with E-state index in [0.29, 0.717) is 28.5 Å². The highest BCUT2D eigenvalue weighted by molar-refractivity contribution is 6.04. The van der Waals surface area contributed by atoms with Gasteiger partial charge in [-0.25, -0.2) is 0 Å². The highest BCUT2D eigenvalue weighted by Crippen LogP contribution is 2.29. The van der Waals surface area contributed by atoms with Crippen LogP contribution in [0.25, 0.3) is 10.9 Å². The fraction of sp³-hybridized carbons (Fsp3) is 0.188. The minimum absolute atomic E-state index is 0.0275. The third kappa shape index (κ3) is 2.80. The molecule has 0 spiro atoms. The molecule has 0 aliphatic rings. The number of benzene rings is 1. The average molecular weight is 312 g/mol. The number of amides is 1. The van der Waals surface area contributed by atoms with Crippen molar-refractivity contribution in [2.75, 3.05) is 11.9 Å². The van der Waals surface area contributed by atoms with Crippen molar-refractivity contribution in [3.63, 3.8) is 0 Å². The summed E-state index contributed by atoms with van der Waals surface area (Å²) in [6.07, 6.45) is 1.65. The monoisotopic (exact) mass is 312 g/mol. The van der Waals surface area contributed by atoms with Crippen molar-refractivity contribution in [3.8, 4) is 5.75 Å². The van der Waals surface area contributed by atoms with Gasteiger partial charge in [-0.2, -0.15) is 9.83 Å². The molecule has 0 unspecified atom stereocenters. The van der Waals surface area contributed by atoms with Gasteiger partial charge in [0.15, 0.2) is 5.69 Å². The quantitative estimate of drug-likeness (QED) is 0.570. The molecule has 118 valence electrons. The Kier molecular flexibility index (Phi) is 3.84. The number of anilines is 1. The van der Waals surface area contributed by atoms with Crippen LogP contribution in [0.2, 0.25) is 0 Å². The summed E-state index contributed by atoms with van der Waals surface area (Å²) in [5.74, 6) is 0.0233. The number of nitrogens with zero attached hydrogens (tertiary/aromatic N) is 2. The molecule has 2 aromatic heterocycles. The zero-order chi connectivity index (χ0) is 16.4. The molecule has 3 rings (SSSR count). The van der Waals surface area contributed by atoms with Crippen LogP contribution in [0.3, 0.4) is 0 Å². The van der Waals surface area contributed by atoms with Gasteiger partial charge in [0, 0.05) is 30.5 Å². The number of fused-ring (bicyclic) bond motifs is 1. The Labute approximate surface area is 132 Å². The van der Waals surface area contributed by atoms with Gasteiger partial charge in [-0.05, 0) is 19.1 Å². The molecule has 0 radical (unpaired) electrons. The van der Waals surface area contributed by atoms with Crippen molar-refractivity contribution in [3.05, 3.63) is 53.1 Å². The zero-order valence-electron chi connectivity index (χ0n) is 12.8. The summed E-state index contributed by atoms with van der Waals surface area (Å²) in [4.78, 5) is 12.4. The Morgan fingerprint density at radius 3 is 3.04 bits per heavy atom. The van der Waals surface area contributed by atoms with Crippen molar-refractivity contribution in [1.29, 1.82) is 0 Å². The molecule has 7 heteroatoms. The maximum Gasteiger partial charge on any atom is 0.321 e. The highest BCUT2D eigenvalue weighted by atomic mass is 16.5. The Morgan fingerprint density at radius 1 is 1.43 bits per heavy atom. The van der Waals surface area contributed by atoms with E-state index in [2.05, 4.69) is 15.5 Å². The molecule has 0 bridgehead atoms. The van der Waals surface area contributed by atoms with Gasteiger partial charge in [0.05, 0.1) is 24.0 Å². The molecule has 2 N–H and O–H groups in total. The van der Waals surface area contributed by atoms with E-state index in [1.165, 1.54) is 6.07 Å². The molecule has 3 aromatic rings. The molecule has 0 atom stereocenters. The van der Waals surface area contributed by atoms with E-state index in [-0.39, 0.29) is 5.69 Å². The Hall–Kier alpha value is -3.09. The maximum atomic E-state index is 12.4. The number of carbonyl (C=O) groups excluding carboxylic acids is 1. The van der Waals surface area contributed by atoms with Crippen LogP contribution in [0.15, 0.2) is 36.5 Å². The van der Waals surface area contributed by atoms with Gasteiger partial charge in [0.2, 0.25) is 0 Å². The lowest BCUT2D eigenvalue weighted by Gasteiger charge is -2.12. The number of hydrogen-bond acceptors (Lipinski definition) is 4. The first-order valence-corrected chi connectivity index (χ1v) is 7.20. The number of nitrogens with one attached hydrogen (secondary N) is 2. The number of ether oxygens (including phenoxy) is 1. The molecule has 0 aliphatic heterocycles. The van der Waals surface area contributed by atoms with Gasteiger partial charge >= 0.3 is 5.91 Å². The van der Waals surface area contributed by atoms with E-state index in [1.54, 1.807) is 37.4 Å². The van der Waals surface area contributed by atoms with E-state index >= 15 is 0 Å². The minimum Gasteiger partial charge on any atom is -0.618 e. The van der Waals surface area contributed by atoms with Gasteiger partial charge in [0.1, 0.15) is 5.75 Å². The molecule has 7 nitrogen and oxygen atoms in total. The number of aryl methyl sites for hydroxylation is 1. The highest BCUT2D eigenvalue weighted by Gasteiger charge is 2.19. The summed E-state index contributed by atoms with van der Waals surface area (Å²) in [6, 6.07) is 8.32. The number of aromatic amines is 1. The van der Waals surface area contributed by atoms with Crippen LogP contribution < -0.4 is 14.8 Å². The fourth-order valence-electron chi connectivity index (χ4n) is 2.30. The Morgan fingerprint density at radius 2 is 2.26 bits per heavy atom. The van der Waals surface area contributed by atoms with Gasteiger partial charge in [-0.15, -0.1) is 0 Å². The van der Waals surface area contributed by atoms with Crippen LogP contribution in [0.4, 0.5) is 5.69 Å². The SMILES string of the molecule is CCOc1cc2[nH]ncc2cc1NC(=O)c1cccc(C)[n+]1[O-]. The molecule has 0 fully saturated rings. The minimum atomic E-state index is -0.493. The lowest BCUT2D eigenvalue weighted by Crippen LogP contribution is -2.39. The Bertz CT molecular complexity index is 873. The summed E-state index contributed by atoms with van der Waals surface area (Å²) in [5.41, 5.74) is 1.78. The van der Waals surface area contributed by atoms with Crippen molar-refractivity contribution < 1.29 is 14.3 Å². The zero-order valence-corrected chi connectivity index (χ0v) is 12.8. The molecule has 0 saturated carbocycles. The van der Waals surface area contributed by atoms with Crippen LogP contribution in [-0.4, -0.2) is 22.7 Å². The number of carbonyl (C=O) groups is 1. The summed E-state index contributed by atoms with van der Waals surface area (Å²) in [5, 5.41) is 22.4. The van der Waals surface area contributed by atoms with E-state index in [4.69, 9.17) is 4.74 Å². The molecular weight excluding hydrogens is 296 g/mol. The number of pyridine rings is 1. The molecule has 1 amide bonds. The molecular formula is C16H16N4O3. The van der Waals surface area contributed by atoms with E-state index in [0.717, 1.165) is 10.9 Å². The van der Waals surface area contributed by atoms with E-state index in [9.17, 15) is 10.0 Å². The molecule has 2 heterocycles. The first-order chi connectivity index (χ1) is 11.1. The summed E-state index contributed by atoms with van der Waals surface area (Å²) in [6.45, 7) is 3.95. The fourth-order valence-corrected chi connectivity index (χ4v) is 2.30. The van der Waals surface area contributed by atoms with Crippen LogP contribution in [0, 0.1) is 12.1 Å². The first-order valence-electron chi connectivity index (χ1n) is 7.20. The number of hydrogen-bond donors (Lipinski definition) is 2. The predicted molar refractivity (Wildman–Crippen MR) is 85.4 cm³/mol. The third-order valence-electron chi connectivity index (χ3n) is 3.45. The average Bonchev–Trinajstić information content (AvgIpc) is 2.97. The number of aromatic nitrogens is 3. The van der Waals surface area contributed by atoms with Gasteiger partial charge in [0.25, 0.3) is 5.69 Å². The second kappa shape index (κ2) is 5.96. The standard InChI is InChI=1S/C16H16N4O3/c1-3-23-15-8-12-11(9-17-19-12)7-13(15)18-16(21)14-6-4-5-10(2)20(14)22/h4-9H,3H2,1-2H3,(H,17,19)(H,18,21). The van der Waals surface area contributed by atoms with Crippen molar-refractivity contribution >= 4 is 22.5 Å². The molecule has 1 aromatic carbocycles. The number of rotatable bonds is 4. The smallest absolute Gasteiger partial charge is 0.321 e. The lowest BCUT2D eigenvalue weighted by molar-refractivity contribution is -0.614. The van der Waals surface area contributed by atoms with Crippen molar-refractivity contribution in [1.82, 2.24) is 10.2 Å². The van der Waals surface area contributed by atoms with E-state index in [1.807, 2.05) is 6.92 Å². The summed E-state index contributed by atoms with van der Waals surface area (Å²) < 4.78 is 6.16. The summed E-state index contributed by atoms with van der Waals surface area (Å²) >= 11 is 0. The number of H-pyrrole nitrogens is 1. The lowest BCUT2D eigenvalue weighted by atomic mass is 10.2. The van der Waals surface area contributed by atoms with E-state index < -0.39 is 5.91 Å².